The Morgan fingerprint density at radius 3 is 1.77 bits per heavy atom. The number of amides is 7. The van der Waals surface area contributed by atoms with E-state index in [0.29, 0.717) is 5.56 Å². The summed E-state index contributed by atoms with van der Waals surface area (Å²) in [4.78, 5) is 159. The molecule has 0 aliphatic heterocycles. The van der Waals surface area contributed by atoms with Crippen LogP contribution in [0.15, 0.2) is 42.6 Å². The summed E-state index contributed by atoms with van der Waals surface area (Å²) in [6, 6.07) is -1.06. The minimum Gasteiger partial charge on any atom is -0.756 e. The van der Waals surface area contributed by atoms with Crippen molar-refractivity contribution < 1.29 is 86.1 Å². The molecule has 0 heterocycles. The van der Waals surface area contributed by atoms with Gasteiger partial charge >= 0.3 is 17.9 Å². The maximum Gasteiger partial charge on any atom is 0.331 e. The number of carboxylic acid groups (broad SMARTS) is 1. The molecule has 75 heavy (non-hydrogen) atoms. The third-order valence-electron chi connectivity index (χ3n) is 12.0. The number of benzene rings is 1. The zero-order valence-corrected chi connectivity index (χ0v) is 46.3. The van der Waals surface area contributed by atoms with Gasteiger partial charge in [0.25, 0.3) is 19.6 Å². The first kappa shape index (κ1) is 66.7. The quantitative estimate of drug-likeness (QED) is 0.0345. The van der Waals surface area contributed by atoms with Gasteiger partial charge in [-0.3, -0.25) is 38.1 Å². The molecule has 0 spiro atoms. The maximum absolute atomic E-state index is 14.5. The van der Waals surface area contributed by atoms with Crippen molar-refractivity contribution in [2.75, 3.05) is 28.3 Å². The fourth-order valence-electron chi connectivity index (χ4n) is 7.47. The molecule has 1 rings (SSSR count). The highest BCUT2D eigenvalue weighted by Gasteiger charge is 2.45. The van der Waals surface area contributed by atoms with Crippen molar-refractivity contribution in [1.29, 1.82) is 0 Å². The van der Waals surface area contributed by atoms with Crippen molar-refractivity contribution in [2.24, 2.45) is 17.8 Å². The van der Waals surface area contributed by atoms with Crippen LogP contribution in [0.25, 0.3) is 0 Å². The second-order valence-corrected chi connectivity index (χ2v) is 20.3. The molecule has 0 aliphatic carbocycles. The molecule has 0 fully saturated rings. The van der Waals surface area contributed by atoms with Gasteiger partial charge in [0.1, 0.15) is 36.0 Å². The molecule has 6 N–H and O–H groups in total. The van der Waals surface area contributed by atoms with Crippen LogP contribution in [0.1, 0.15) is 94.6 Å². The Morgan fingerprint density at radius 2 is 1.31 bits per heavy atom. The molecular formula is C49H77N7O18P-. The Kier molecular flexibility index (Phi) is 27.0. The predicted molar refractivity (Wildman–Crippen MR) is 268 cm³/mol. The number of rotatable bonds is 30. The number of nitrogens with one attached hydrogen (secondary N) is 4. The standard InChI is InChI=1S/C49H78N7O18P/c1-17-36(58)52-38(41(27(6)7)74-75(68,69)70)49(67)73-40(26(4)5)37(46(63)56(15)39(47(64)65)31(11)71-16)53-43(60)30(10)54(13)44(61)28(8)50-42(59)29(9)55(14)45(62)35(24-33-21-19-18-20-22-33)72-48(66)34(23-25(2)3)51-32(12)57/h18-22,25-28,30-31,34-35,37-41H,9,17,23-24H2,1-8,10-16H3,(H,50,59)(H,51,57)(H,52,58)(H,53,60)(H,64,65)(H2,68,69,70)/p-1/t28-,30-,31+,34-,35+,37-,38-,39-,40+,41+/m0/s1. The molecule has 0 aliphatic rings. The second-order valence-electron chi connectivity index (χ2n) is 19.1. The smallest absolute Gasteiger partial charge is 0.331 e. The number of esters is 2. The lowest BCUT2D eigenvalue weighted by Gasteiger charge is -2.38. The van der Waals surface area contributed by atoms with Gasteiger partial charge in [0, 0.05) is 48.0 Å². The van der Waals surface area contributed by atoms with Gasteiger partial charge in [0.2, 0.25) is 29.5 Å². The summed E-state index contributed by atoms with van der Waals surface area (Å²) in [5, 5.41) is 19.9. The van der Waals surface area contributed by atoms with Gasteiger partial charge in [-0.25, -0.2) is 14.4 Å². The normalized spacial score (nSPS) is 16.2. The van der Waals surface area contributed by atoms with E-state index in [1.807, 2.05) is 13.8 Å². The van der Waals surface area contributed by atoms with E-state index in [0.717, 1.165) is 21.7 Å². The monoisotopic (exact) mass is 1080 g/mol. The first-order valence-electron chi connectivity index (χ1n) is 24.2. The first-order chi connectivity index (χ1) is 34.6. The SMILES string of the molecule is C=C(C(=O)N[C@@H](C)C(=O)N(C)[C@@H](C)C(=O)N[C@H](C(=O)N(C)[C@H](C(=O)O)[C@@H](C)OC)[C@H](OC(=O)[C@@H](NC(=O)CC)[C@H](OP(=O)([O-])O)C(C)C)C(C)C)N(C)C(=O)[C@@H](Cc1ccccc1)OC(=O)[C@H](CC(C)C)NC(C)=O. The molecule has 1 aromatic rings. The van der Waals surface area contributed by atoms with Crippen LogP contribution in [0.5, 0.6) is 0 Å². The van der Waals surface area contributed by atoms with Crippen molar-refractivity contribution in [2.45, 2.75) is 156 Å². The summed E-state index contributed by atoms with van der Waals surface area (Å²) in [6.07, 6.45) is -6.27. The van der Waals surface area contributed by atoms with E-state index in [4.69, 9.17) is 18.7 Å². The van der Waals surface area contributed by atoms with Gasteiger partial charge < -0.3 is 69.6 Å². The Labute approximate surface area is 438 Å². The van der Waals surface area contributed by atoms with Crippen molar-refractivity contribution >= 4 is 67.1 Å². The minimum absolute atomic E-state index is 0.0530. The topological polar surface area (TPSA) is 346 Å². The highest BCUT2D eigenvalue weighted by Crippen LogP contribution is 2.36. The second kappa shape index (κ2) is 30.3. The van der Waals surface area contributed by atoms with Gasteiger partial charge in [-0.2, -0.15) is 0 Å². The van der Waals surface area contributed by atoms with Gasteiger partial charge in [0.05, 0.1) is 12.2 Å². The molecule has 11 atom stereocenters. The van der Waals surface area contributed by atoms with Crippen LogP contribution in [0, 0.1) is 17.8 Å². The summed E-state index contributed by atoms with van der Waals surface area (Å²) in [6.45, 7) is 19.6. The first-order valence-corrected chi connectivity index (χ1v) is 25.7. The highest BCUT2D eigenvalue weighted by molar-refractivity contribution is 7.44. The summed E-state index contributed by atoms with van der Waals surface area (Å²) in [5.74, 6) is -11.9. The zero-order chi connectivity index (χ0) is 58.0. The number of ether oxygens (including phenoxy) is 3. The van der Waals surface area contributed by atoms with Crippen LogP contribution in [0.4, 0.5) is 0 Å². The number of carboxylic acids is 1. The molecule has 0 aromatic heterocycles. The lowest BCUT2D eigenvalue weighted by atomic mass is 9.95. The van der Waals surface area contributed by atoms with E-state index in [-0.39, 0.29) is 25.2 Å². The lowest BCUT2D eigenvalue weighted by molar-refractivity contribution is -0.227. The van der Waals surface area contributed by atoms with E-state index in [2.05, 4.69) is 27.8 Å². The third kappa shape index (κ3) is 20.8. The molecule has 1 unspecified atom stereocenters. The highest BCUT2D eigenvalue weighted by atomic mass is 31.2. The number of carbonyl (C=O) groups excluding carboxylic acids is 9. The summed E-state index contributed by atoms with van der Waals surface area (Å²) in [5.41, 5.74) is 0.113. The minimum atomic E-state index is -5.56. The number of nitrogens with zero attached hydrogens (tertiary/aromatic N) is 3. The Morgan fingerprint density at radius 1 is 0.747 bits per heavy atom. The molecule has 26 heteroatoms. The van der Waals surface area contributed by atoms with Crippen molar-refractivity contribution in [3.63, 3.8) is 0 Å². The van der Waals surface area contributed by atoms with Crippen molar-refractivity contribution in [3.05, 3.63) is 48.2 Å². The van der Waals surface area contributed by atoms with Crippen LogP contribution in [-0.4, -0.2) is 173 Å². The fourth-order valence-corrected chi connectivity index (χ4v) is 8.14. The van der Waals surface area contributed by atoms with Crippen molar-refractivity contribution in [1.82, 2.24) is 36.0 Å². The number of likely N-dealkylation sites (N-methyl/N-ethyl adjacent to an activating group) is 3. The van der Waals surface area contributed by atoms with E-state index in [1.54, 1.807) is 30.3 Å². The van der Waals surface area contributed by atoms with E-state index >= 15 is 0 Å². The van der Waals surface area contributed by atoms with Crippen LogP contribution in [0.3, 0.4) is 0 Å². The van der Waals surface area contributed by atoms with Crippen LogP contribution >= 0.6 is 7.82 Å². The molecule has 7 amide bonds. The maximum atomic E-state index is 14.5. The molecule has 0 saturated carbocycles. The summed E-state index contributed by atoms with van der Waals surface area (Å²) >= 11 is 0. The Hall–Kier alpha value is -6.27. The number of hydrogen-bond acceptors (Lipinski definition) is 16. The summed E-state index contributed by atoms with van der Waals surface area (Å²) in [7, 11) is -0.895. The lowest BCUT2D eigenvalue weighted by Crippen LogP contribution is -2.63. The van der Waals surface area contributed by atoms with E-state index in [1.165, 1.54) is 83.5 Å². The number of phosphoric ester groups is 1. The van der Waals surface area contributed by atoms with Crippen LogP contribution < -0.4 is 26.2 Å². The number of carbonyl (C=O) groups is 10. The molecule has 0 radical (unpaired) electrons. The zero-order valence-electron chi connectivity index (χ0n) is 45.4. The van der Waals surface area contributed by atoms with E-state index in [9.17, 15) is 67.4 Å². The van der Waals surface area contributed by atoms with Gasteiger partial charge in [0.15, 0.2) is 18.2 Å². The largest absolute Gasteiger partial charge is 0.756 e. The van der Waals surface area contributed by atoms with Gasteiger partial charge in [-0.15, -0.1) is 0 Å². The number of methoxy groups -OCH3 is 1. The van der Waals surface area contributed by atoms with Crippen LogP contribution in [-0.2, 0) is 77.7 Å². The van der Waals surface area contributed by atoms with Crippen LogP contribution in [0.2, 0.25) is 0 Å². The molecule has 422 valence electrons. The molecular weight excluding hydrogens is 1010 g/mol. The predicted octanol–water partition coefficient (Wildman–Crippen LogP) is 0.411. The average molecular weight is 1080 g/mol. The molecule has 25 nitrogen and oxygen atoms in total. The number of aliphatic carboxylic acids is 1. The summed E-state index contributed by atoms with van der Waals surface area (Å²) < 4.78 is 33.4. The third-order valence-corrected chi connectivity index (χ3v) is 12.5. The Bertz CT molecular complexity index is 2240. The average Bonchev–Trinajstić information content (AvgIpc) is 3.32. The van der Waals surface area contributed by atoms with E-state index < -0.39 is 145 Å². The fraction of sp³-hybridized carbons (Fsp3) is 0.633. The van der Waals surface area contributed by atoms with Gasteiger partial charge in [-0.05, 0) is 50.5 Å². The number of hydrogen-bond donors (Lipinski definition) is 6. The molecule has 0 bridgehead atoms. The molecule has 1 aromatic carbocycles. The molecule has 0 saturated heterocycles. The Balaban J connectivity index is 3.60. The van der Waals surface area contributed by atoms with Gasteiger partial charge in [-0.1, -0.05) is 85.4 Å². The number of phosphoric acid groups is 1. The van der Waals surface area contributed by atoms with Crippen molar-refractivity contribution in [3.8, 4) is 0 Å².